The van der Waals surface area contributed by atoms with E-state index in [0.717, 1.165) is 19.6 Å². The molecule has 0 radical (unpaired) electrons. The second-order valence-corrected chi connectivity index (χ2v) is 4.60. The Hall–Kier alpha value is 1.17. The van der Waals surface area contributed by atoms with Crippen LogP contribution in [0, 0.1) is 0 Å². The summed E-state index contributed by atoms with van der Waals surface area (Å²) in [6.45, 7) is 1.76. The zero-order valence-corrected chi connectivity index (χ0v) is 7.60. The lowest BCUT2D eigenvalue weighted by molar-refractivity contribution is -0.129. The van der Waals surface area contributed by atoms with Crippen molar-refractivity contribution < 1.29 is 9.47 Å². The predicted molar refractivity (Wildman–Crippen MR) is 35.0 cm³/mol. The van der Waals surface area contributed by atoms with Crippen LogP contribution >= 0.6 is 12.9 Å². The minimum Gasteiger partial charge on any atom is -0.379 e. The largest absolute Gasteiger partial charge is 0.550 e. The Morgan fingerprint density at radius 2 is 2.00 bits per heavy atom. The SMILES string of the molecule is [Br][Mg][CH]1OCCCO1. The lowest BCUT2D eigenvalue weighted by atomic mass is 10.5. The third-order valence-corrected chi connectivity index (χ3v) is 3.33. The summed E-state index contributed by atoms with van der Waals surface area (Å²) in [5.74, 6) is 0. The van der Waals surface area contributed by atoms with Gasteiger partial charge < -0.3 is 9.47 Å². The highest BCUT2D eigenvalue weighted by Gasteiger charge is 2.14. The van der Waals surface area contributed by atoms with Crippen LogP contribution in [0.1, 0.15) is 6.42 Å². The summed E-state index contributed by atoms with van der Waals surface area (Å²) in [5, 5.41) is 0. The van der Waals surface area contributed by atoms with Crippen LogP contribution in [0.25, 0.3) is 0 Å². The van der Waals surface area contributed by atoms with Gasteiger partial charge in [0, 0.05) is 13.2 Å². The first-order chi connectivity index (χ1) is 3.93. The molecule has 0 amide bonds. The van der Waals surface area contributed by atoms with Gasteiger partial charge in [-0.05, 0) is 6.42 Å². The van der Waals surface area contributed by atoms with Crippen molar-refractivity contribution in [2.24, 2.45) is 0 Å². The number of ether oxygens (including phenoxy) is 2. The van der Waals surface area contributed by atoms with Gasteiger partial charge in [0.2, 0.25) is 0 Å². The minimum absolute atomic E-state index is 0.142. The lowest BCUT2D eigenvalue weighted by Gasteiger charge is -2.21. The van der Waals surface area contributed by atoms with Gasteiger partial charge in [0.05, 0.1) is 4.42 Å². The second-order valence-electron chi connectivity index (χ2n) is 1.68. The van der Waals surface area contributed by atoms with Gasteiger partial charge in [-0.3, -0.25) is 12.9 Å². The molecule has 0 aromatic carbocycles. The van der Waals surface area contributed by atoms with Crippen molar-refractivity contribution in [3.8, 4) is 0 Å². The van der Waals surface area contributed by atoms with E-state index < -0.39 is 0 Å². The Bertz CT molecular complexity index is 65.1. The van der Waals surface area contributed by atoms with Crippen molar-refractivity contribution in [3.63, 3.8) is 0 Å². The fourth-order valence-electron chi connectivity index (χ4n) is 0.626. The first kappa shape index (κ1) is 7.28. The van der Waals surface area contributed by atoms with E-state index in [1.165, 1.54) is 0 Å². The third kappa shape index (κ3) is 2.19. The molecule has 0 aromatic rings. The standard InChI is InChI=1S/C4H7O2.BrH.Mg/c1-2-5-4-6-3-1;;/h4H,1-3H2;1H;/q;;+1/p-1. The highest BCUT2D eigenvalue weighted by atomic mass is 79.9. The smallest absolute Gasteiger partial charge is 0.379 e. The molecule has 0 unspecified atom stereocenters. The summed E-state index contributed by atoms with van der Waals surface area (Å²) in [4.78, 5) is 0. The number of rotatable bonds is 1. The van der Waals surface area contributed by atoms with E-state index in [9.17, 15) is 0 Å². The van der Waals surface area contributed by atoms with Crippen LogP contribution in [-0.4, -0.2) is 35.8 Å². The first-order valence-electron chi connectivity index (χ1n) is 2.72. The summed E-state index contributed by atoms with van der Waals surface area (Å²) >= 11 is 3.14. The zero-order valence-electron chi connectivity index (χ0n) is 4.60. The molecule has 8 heavy (non-hydrogen) atoms. The Labute approximate surface area is 64.5 Å². The Morgan fingerprint density at radius 3 is 2.38 bits per heavy atom. The average Bonchev–Trinajstić information content (AvgIpc) is 1.90. The maximum absolute atomic E-state index is 5.22. The maximum atomic E-state index is 5.22. The summed E-state index contributed by atoms with van der Waals surface area (Å²) in [5.41, 5.74) is 0. The fourth-order valence-corrected chi connectivity index (χ4v) is 2.26. The van der Waals surface area contributed by atoms with Crippen molar-refractivity contribution in [2.45, 2.75) is 10.8 Å². The van der Waals surface area contributed by atoms with Crippen LogP contribution in [0.3, 0.4) is 0 Å². The molecular weight excluding hydrogens is 184 g/mol. The molecule has 0 aromatic heterocycles. The zero-order chi connectivity index (χ0) is 5.82. The molecule has 1 heterocycles. The molecule has 1 aliphatic heterocycles. The molecule has 2 nitrogen and oxygen atoms in total. The molecule has 1 fully saturated rings. The molecule has 1 aliphatic rings. The van der Waals surface area contributed by atoms with E-state index in [4.69, 9.17) is 9.47 Å². The molecule has 0 N–H and O–H groups in total. The minimum atomic E-state index is -0.264. The van der Waals surface area contributed by atoms with Crippen molar-refractivity contribution >= 4 is 31.1 Å². The van der Waals surface area contributed by atoms with Crippen LogP contribution in [0.4, 0.5) is 0 Å². The molecule has 0 bridgehead atoms. The van der Waals surface area contributed by atoms with Gasteiger partial charge in [0.25, 0.3) is 0 Å². The van der Waals surface area contributed by atoms with Crippen molar-refractivity contribution in [3.05, 3.63) is 0 Å². The summed E-state index contributed by atoms with van der Waals surface area (Å²) in [7, 11) is 0. The van der Waals surface area contributed by atoms with Gasteiger partial charge in [0.15, 0.2) is 0 Å². The van der Waals surface area contributed by atoms with E-state index in [1.54, 1.807) is 0 Å². The number of hydrogen-bond donors (Lipinski definition) is 0. The molecule has 0 atom stereocenters. The predicted octanol–water partition coefficient (Wildman–Crippen LogP) is 0.721. The van der Waals surface area contributed by atoms with Crippen LogP contribution in [0.15, 0.2) is 0 Å². The van der Waals surface area contributed by atoms with Gasteiger partial charge >= 0.3 is 18.2 Å². The molecule has 0 aliphatic carbocycles. The number of hydrogen-bond acceptors (Lipinski definition) is 2. The van der Waals surface area contributed by atoms with E-state index in [-0.39, 0.29) is 22.6 Å². The normalized spacial score (nSPS) is 22.6. The van der Waals surface area contributed by atoms with Crippen LogP contribution < -0.4 is 0 Å². The van der Waals surface area contributed by atoms with Crippen LogP contribution in [-0.2, 0) is 9.47 Å². The van der Waals surface area contributed by atoms with Gasteiger partial charge in [0.1, 0.15) is 0 Å². The van der Waals surface area contributed by atoms with E-state index in [2.05, 4.69) is 12.9 Å². The van der Waals surface area contributed by atoms with Gasteiger partial charge in [-0.2, -0.15) is 0 Å². The Balaban J connectivity index is 2.13. The second kappa shape index (κ2) is 4.06. The molecular formula is C4H7BrMgO2. The van der Waals surface area contributed by atoms with Gasteiger partial charge in [-0.25, -0.2) is 0 Å². The molecule has 1 rings (SSSR count). The maximum Gasteiger partial charge on any atom is 0.550 e. The molecule has 1 saturated heterocycles. The van der Waals surface area contributed by atoms with Crippen LogP contribution in [0.2, 0.25) is 0 Å². The molecule has 0 saturated carbocycles. The average molecular weight is 191 g/mol. The highest BCUT2D eigenvalue weighted by Crippen LogP contribution is 2.04. The molecule has 0 spiro atoms. The monoisotopic (exact) mass is 190 g/mol. The summed E-state index contributed by atoms with van der Waals surface area (Å²) in [6, 6.07) is 0. The highest BCUT2D eigenvalue weighted by molar-refractivity contribution is 9.23. The third-order valence-electron chi connectivity index (χ3n) is 1.02. The van der Waals surface area contributed by atoms with Gasteiger partial charge in [-0.1, -0.05) is 0 Å². The summed E-state index contributed by atoms with van der Waals surface area (Å²) < 4.78 is 10.6. The van der Waals surface area contributed by atoms with E-state index >= 15 is 0 Å². The lowest BCUT2D eigenvalue weighted by Crippen LogP contribution is -2.27. The summed E-state index contributed by atoms with van der Waals surface area (Å²) in [6.07, 6.45) is 1.05. The van der Waals surface area contributed by atoms with Crippen molar-refractivity contribution in [2.75, 3.05) is 13.2 Å². The first-order valence-corrected chi connectivity index (χ1v) is 7.44. The topological polar surface area (TPSA) is 18.5 Å². The van der Waals surface area contributed by atoms with E-state index in [1.807, 2.05) is 0 Å². The fraction of sp³-hybridized carbons (Fsp3) is 1.00. The molecule has 4 heteroatoms. The van der Waals surface area contributed by atoms with Crippen LogP contribution in [0.5, 0.6) is 0 Å². The quantitative estimate of drug-likeness (QED) is 0.569. The Kier molecular flexibility index (Phi) is 3.69. The van der Waals surface area contributed by atoms with Crippen molar-refractivity contribution in [1.82, 2.24) is 0 Å². The van der Waals surface area contributed by atoms with Crippen molar-refractivity contribution in [1.29, 1.82) is 0 Å². The molecule has 44 valence electrons. The Morgan fingerprint density at radius 1 is 1.38 bits per heavy atom. The number of halogens is 1. The van der Waals surface area contributed by atoms with Gasteiger partial charge in [-0.15, -0.1) is 0 Å². The van der Waals surface area contributed by atoms with E-state index in [0.29, 0.717) is 0 Å².